The summed E-state index contributed by atoms with van der Waals surface area (Å²) in [7, 11) is 0. The molecule has 0 aliphatic heterocycles. The third-order valence-electron chi connectivity index (χ3n) is 3.05. The lowest BCUT2D eigenvalue weighted by Crippen LogP contribution is -2.09. The summed E-state index contributed by atoms with van der Waals surface area (Å²) in [5, 5.41) is 4.68. The maximum Gasteiger partial charge on any atom is 0.124 e. The Kier molecular flexibility index (Phi) is 5.38. The predicted molar refractivity (Wildman–Crippen MR) is 90.7 cm³/mol. The third-order valence-corrected chi connectivity index (χ3v) is 3.77. The van der Waals surface area contributed by atoms with Gasteiger partial charge in [-0.15, -0.1) is 0 Å². The van der Waals surface area contributed by atoms with Crippen molar-refractivity contribution < 1.29 is 4.74 Å². The highest BCUT2D eigenvalue weighted by atomic mass is 35.5. The lowest BCUT2D eigenvalue weighted by Gasteiger charge is -2.16. The summed E-state index contributed by atoms with van der Waals surface area (Å²) in [5.41, 5.74) is 2.88. The number of hydrogen-bond donors (Lipinski definition) is 1. The number of benzene rings is 2. The van der Waals surface area contributed by atoms with Gasteiger partial charge in [-0.1, -0.05) is 41.4 Å². The van der Waals surface area contributed by atoms with Crippen LogP contribution in [0.1, 0.15) is 25.0 Å². The number of aryl methyl sites for hydroxylation is 1. The number of para-hydroxylation sites is 1. The van der Waals surface area contributed by atoms with Crippen molar-refractivity contribution in [1.82, 2.24) is 0 Å². The number of hydrogen-bond acceptors (Lipinski definition) is 2. The lowest BCUT2D eigenvalue weighted by atomic mass is 10.2. The largest absolute Gasteiger partial charge is 0.491 e. The average molecular weight is 324 g/mol. The summed E-state index contributed by atoms with van der Waals surface area (Å²) in [6.07, 6.45) is 0.142. The van der Waals surface area contributed by atoms with E-state index in [-0.39, 0.29) is 6.10 Å². The molecule has 0 aliphatic rings. The quantitative estimate of drug-likeness (QED) is 0.761. The zero-order valence-electron chi connectivity index (χ0n) is 12.4. The van der Waals surface area contributed by atoms with Crippen LogP contribution in [0.5, 0.6) is 5.75 Å². The fourth-order valence-electron chi connectivity index (χ4n) is 1.99. The van der Waals surface area contributed by atoms with Crippen LogP contribution in [0.2, 0.25) is 10.0 Å². The number of ether oxygens (including phenoxy) is 1. The Morgan fingerprint density at radius 3 is 2.52 bits per heavy atom. The van der Waals surface area contributed by atoms with Gasteiger partial charge in [0.15, 0.2) is 0 Å². The third kappa shape index (κ3) is 4.29. The summed E-state index contributed by atoms with van der Waals surface area (Å²) < 4.78 is 5.81. The Bertz CT molecular complexity index is 626. The van der Waals surface area contributed by atoms with Crippen molar-refractivity contribution in [2.75, 3.05) is 5.32 Å². The van der Waals surface area contributed by atoms with E-state index in [9.17, 15) is 0 Å². The number of halogens is 2. The Hall–Kier alpha value is -1.38. The van der Waals surface area contributed by atoms with E-state index < -0.39 is 0 Å². The Labute approximate surface area is 136 Å². The molecule has 0 heterocycles. The van der Waals surface area contributed by atoms with Gasteiger partial charge in [-0.25, -0.2) is 0 Å². The maximum absolute atomic E-state index is 6.24. The van der Waals surface area contributed by atoms with Crippen molar-refractivity contribution >= 4 is 28.9 Å². The Morgan fingerprint density at radius 2 is 1.81 bits per heavy atom. The van der Waals surface area contributed by atoms with Crippen LogP contribution in [0.25, 0.3) is 0 Å². The molecule has 0 saturated heterocycles. The van der Waals surface area contributed by atoms with E-state index in [0.717, 1.165) is 22.6 Å². The summed E-state index contributed by atoms with van der Waals surface area (Å²) in [4.78, 5) is 0. The average Bonchev–Trinajstić information content (AvgIpc) is 2.42. The summed E-state index contributed by atoms with van der Waals surface area (Å²) >= 11 is 12.4. The van der Waals surface area contributed by atoms with Gasteiger partial charge in [0, 0.05) is 17.1 Å². The molecule has 0 aliphatic carbocycles. The van der Waals surface area contributed by atoms with Crippen molar-refractivity contribution in [2.24, 2.45) is 0 Å². The van der Waals surface area contributed by atoms with E-state index in [1.165, 1.54) is 0 Å². The molecular formula is C17H19Cl2NO. The van der Waals surface area contributed by atoms with Gasteiger partial charge in [0.2, 0.25) is 0 Å². The van der Waals surface area contributed by atoms with Crippen LogP contribution < -0.4 is 10.1 Å². The zero-order chi connectivity index (χ0) is 15.4. The maximum atomic E-state index is 6.24. The second kappa shape index (κ2) is 7.06. The summed E-state index contributed by atoms with van der Waals surface area (Å²) in [5.74, 6) is 0.884. The van der Waals surface area contributed by atoms with Crippen LogP contribution in [0, 0.1) is 6.92 Å². The molecule has 2 nitrogen and oxygen atoms in total. The van der Waals surface area contributed by atoms with Crippen LogP contribution >= 0.6 is 23.2 Å². The van der Waals surface area contributed by atoms with Gasteiger partial charge in [-0.3, -0.25) is 0 Å². The normalized spacial score (nSPS) is 10.8. The minimum absolute atomic E-state index is 0.142. The highest BCUT2D eigenvalue weighted by Gasteiger charge is 2.08. The van der Waals surface area contributed by atoms with Crippen molar-refractivity contribution in [2.45, 2.75) is 33.4 Å². The number of anilines is 1. The van der Waals surface area contributed by atoms with Crippen molar-refractivity contribution in [1.29, 1.82) is 0 Å². The van der Waals surface area contributed by atoms with Crippen LogP contribution in [0.15, 0.2) is 36.4 Å². The second-order valence-corrected chi connectivity index (χ2v) is 6.02. The van der Waals surface area contributed by atoms with Gasteiger partial charge < -0.3 is 10.1 Å². The van der Waals surface area contributed by atoms with E-state index in [0.29, 0.717) is 16.6 Å². The standard InChI is InChI=1S/C17H19Cl2NO/c1-11(2)21-17-7-5-4-6-13(17)10-20-16-9-14(18)12(3)8-15(16)19/h4-9,11,20H,10H2,1-3H3. The highest BCUT2D eigenvalue weighted by molar-refractivity contribution is 6.35. The van der Waals surface area contributed by atoms with Crippen LogP contribution in [-0.2, 0) is 6.54 Å². The smallest absolute Gasteiger partial charge is 0.124 e. The molecule has 1 N–H and O–H groups in total. The number of nitrogens with one attached hydrogen (secondary N) is 1. The minimum Gasteiger partial charge on any atom is -0.491 e. The van der Waals surface area contributed by atoms with Gasteiger partial charge in [0.25, 0.3) is 0 Å². The molecule has 0 spiro atoms. The molecule has 0 saturated carbocycles. The molecule has 0 unspecified atom stereocenters. The Balaban J connectivity index is 2.15. The fraction of sp³-hybridized carbons (Fsp3) is 0.294. The zero-order valence-corrected chi connectivity index (χ0v) is 13.9. The highest BCUT2D eigenvalue weighted by Crippen LogP contribution is 2.30. The van der Waals surface area contributed by atoms with Crippen molar-refractivity contribution in [3.05, 3.63) is 57.6 Å². The molecule has 112 valence electrons. The van der Waals surface area contributed by atoms with E-state index in [1.807, 2.05) is 57.2 Å². The molecule has 0 aromatic heterocycles. The molecule has 0 fully saturated rings. The van der Waals surface area contributed by atoms with Gasteiger partial charge in [0.1, 0.15) is 5.75 Å². The Morgan fingerprint density at radius 1 is 1.10 bits per heavy atom. The molecule has 2 aromatic rings. The van der Waals surface area contributed by atoms with Gasteiger partial charge in [0.05, 0.1) is 16.8 Å². The van der Waals surface area contributed by atoms with E-state index in [1.54, 1.807) is 0 Å². The van der Waals surface area contributed by atoms with Gasteiger partial charge in [-0.05, 0) is 44.5 Å². The SMILES string of the molecule is Cc1cc(Cl)c(NCc2ccccc2OC(C)C)cc1Cl. The summed E-state index contributed by atoms with van der Waals surface area (Å²) in [6, 6.07) is 11.7. The number of rotatable bonds is 5. The van der Waals surface area contributed by atoms with Crippen molar-refractivity contribution in [3.63, 3.8) is 0 Å². The first-order valence-corrected chi connectivity index (χ1v) is 7.67. The molecular weight excluding hydrogens is 305 g/mol. The first kappa shape index (κ1) is 16.0. The van der Waals surface area contributed by atoms with Crippen LogP contribution in [0.3, 0.4) is 0 Å². The van der Waals surface area contributed by atoms with E-state index >= 15 is 0 Å². The lowest BCUT2D eigenvalue weighted by molar-refractivity contribution is 0.240. The molecule has 2 aromatic carbocycles. The first-order valence-electron chi connectivity index (χ1n) is 6.91. The van der Waals surface area contributed by atoms with Gasteiger partial charge >= 0.3 is 0 Å². The van der Waals surface area contributed by atoms with Crippen LogP contribution in [0.4, 0.5) is 5.69 Å². The topological polar surface area (TPSA) is 21.3 Å². The first-order chi connectivity index (χ1) is 9.97. The molecule has 21 heavy (non-hydrogen) atoms. The van der Waals surface area contributed by atoms with Crippen molar-refractivity contribution in [3.8, 4) is 5.75 Å². The molecule has 0 amide bonds. The van der Waals surface area contributed by atoms with E-state index in [2.05, 4.69) is 5.32 Å². The fourth-order valence-corrected chi connectivity index (χ4v) is 2.44. The molecule has 0 bridgehead atoms. The second-order valence-electron chi connectivity index (χ2n) is 5.21. The molecule has 0 atom stereocenters. The summed E-state index contributed by atoms with van der Waals surface area (Å²) in [6.45, 7) is 6.59. The van der Waals surface area contributed by atoms with E-state index in [4.69, 9.17) is 27.9 Å². The molecule has 2 rings (SSSR count). The van der Waals surface area contributed by atoms with Crippen LogP contribution in [-0.4, -0.2) is 6.10 Å². The predicted octanol–water partition coefficient (Wildman–Crippen LogP) is 5.70. The molecule has 4 heteroatoms. The molecule has 0 radical (unpaired) electrons. The monoisotopic (exact) mass is 323 g/mol. The van der Waals surface area contributed by atoms with Gasteiger partial charge in [-0.2, -0.15) is 0 Å². The minimum atomic E-state index is 0.142.